The highest BCUT2D eigenvalue weighted by Crippen LogP contribution is 2.10. The molecule has 6 heteroatoms. The molecule has 1 saturated heterocycles. The van der Waals surface area contributed by atoms with Crippen LogP contribution in [0.1, 0.15) is 10.6 Å². The summed E-state index contributed by atoms with van der Waals surface area (Å²) < 4.78 is 4.58. The van der Waals surface area contributed by atoms with Crippen LogP contribution in [0.25, 0.3) is 0 Å². The summed E-state index contributed by atoms with van der Waals surface area (Å²) in [6, 6.07) is 1.80. The Labute approximate surface area is 93.6 Å². The van der Waals surface area contributed by atoms with E-state index in [-0.39, 0.29) is 5.82 Å². The van der Waals surface area contributed by atoms with Gasteiger partial charge in [0.05, 0.1) is 7.11 Å². The van der Waals surface area contributed by atoms with Gasteiger partial charge in [-0.3, -0.25) is 0 Å². The first-order valence-electron chi connectivity index (χ1n) is 5.18. The van der Waals surface area contributed by atoms with Gasteiger partial charge >= 0.3 is 5.97 Å². The Balaban J connectivity index is 2.17. The minimum absolute atomic E-state index is 0.110. The number of anilines is 1. The molecule has 1 aromatic rings. The molecule has 0 aromatic carbocycles. The van der Waals surface area contributed by atoms with Gasteiger partial charge in [0.2, 0.25) is 5.82 Å². The second-order valence-electron chi connectivity index (χ2n) is 3.47. The van der Waals surface area contributed by atoms with E-state index < -0.39 is 5.97 Å². The van der Waals surface area contributed by atoms with Gasteiger partial charge in [-0.2, -0.15) is 0 Å². The van der Waals surface area contributed by atoms with Gasteiger partial charge in [0.1, 0.15) is 5.82 Å². The molecule has 0 spiro atoms. The molecule has 0 aliphatic carbocycles. The molecule has 0 amide bonds. The minimum Gasteiger partial charge on any atom is -0.463 e. The number of nitrogens with zero attached hydrogens (tertiary/aromatic N) is 3. The van der Waals surface area contributed by atoms with Crippen LogP contribution in [-0.2, 0) is 4.74 Å². The van der Waals surface area contributed by atoms with E-state index in [9.17, 15) is 4.79 Å². The lowest BCUT2D eigenvalue weighted by molar-refractivity contribution is 0.0587. The topological polar surface area (TPSA) is 67.3 Å². The second-order valence-corrected chi connectivity index (χ2v) is 3.47. The molecule has 86 valence electrons. The molecule has 2 rings (SSSR count). The van der Waals surface area contributed by atoms with Gasteiger partial charge in [-0.25, -0.2) is 14.8 Å². The molecule has 1 fully saturated rings. The van der Waals surface area contributed by atoms with Gasteiger partial charge in [0.25, 0.3) is 0 Å². The number of carbonyl (C=O) groups is 1. The van der Waals surface area contributed by atoms with E-state index in [0.29, 0.717) is 0 Å². The third kappa shape index (κ3) is 2.27. The number of hydrogen-bond acceptors (Lipinski definition) is 6. The summed E-state index contributed by atoms with van der Waals surface area (Å²) in [5.74, 6) is 0.382. The van der Waals surface area contributed by atoms with Crippen LogP contribution in [0.4, 0.5) is 5.82 Å². The van der Waals surface area contributed by atoms with Crippen LogP contribution in [0.2, 0.25) is 0 Å². The van der Waals surface area contributed by atoms with Crippen molar-refractivity contribution in [3.8, 4) is 0 Å². The lowest BCUT2D eigenvalue weighted by Crippen LogP contribution is -2.44. The van der Waals surface area contributed by atoms with Crippen molar-refractivity contribution >= 4 is 11.8 Å². The molecule has 0 atom stereocenters. The molecule has 16 heavy (non-hydrogen) atoms. The summed E-state index contributed by atoms with van der Waals surface area (Å²) in [5.41, 5.74) is 0. The van der Waals surface area contributed by atoms with Crippen LogP contribution >= 0.6 is 0 Å². The average Bonchev–Trinajstić information content (AvgIpc) is 2.39. The molecule has 1 aliphatic heterocycles. The first kappa shape index (κ1) is 10.8. The van der Waals surface area contributed by atoms with E-state index in [4.69, 9.17) is 0 Å². The largest absolute Gasteiger partial charge is 0.463 e. The van der Waals surface area contributed by atoms with Crippen molar-refractivity contribution in [3.63, 3.8) is 0 Å². The average molecular weight is 222 g/mol. The summed E-state index contributed by atoms with van der Waals surface area (Å²) in [5, 5.41) is 3.26. The quantitative estimate of drug-likeness (QED) is 0.691. The molecule has 1 aromatic heterocycles. The fourth-order valence-electron chi connectivity index (χ4n) is 1.61. The SMILES string of the molecule is COC(=O)c1nccc(N2CCNCC2)n1. The summed E-state index contributed by atoms with van der Waals surface area (Å²) in [7, 11) is 1.32. The molecule has 1 N–H and O–H groups in total. The Morgan fingerprint density at radius 1 is 1.50 bits per heavy atom. The normalized spacial score (nSPS) is 15.9. The zero-order valence-corrected chi connectivity index (χ0v) is 9.14. The number of aromatic nitrogens is 2. The van der Waals surface area contributed by atoms with Crippen molar-refractivity contribution in [2.75, 3.05) is 38.2 Å². The van der Waals surface area contributed by atoms with Crippen molar-refractivity contribution in [3.05, 3.63) is 18.1 Å². The van der Waals surface area contributed by atoms with E-state index in [1.54, 1.807) is 12.3 Å². The number of carbonyl (C=O) groups excluding carboxylic acids is 1. The van der Waals surface area contributed by atoms with Crippen LogP contribution in [0.15, 0.2) is 12.3 Å². The Morgan fingerprint density at radius 2 is 2.25 bits per heavy atom. The van der Waals surface area contributed by atoms with Crippen molar-refractivity contribution in [1.82, 2.24) is 15.3 Å². The number of nitrogens with one attached hydrogen (secondary N) is 1. The number of ether oxygens (including phenoxy) is 1. The number of rotatable bonds is 2. The Hall–Kier alpha value is -1.69. The van der Waals surface area contributed by atoms with E-state index in [1.165, 1.54) is 7.11 Å². The summed E-state index contributed by atoms with van der Waals surface area (Å²) in [6.45, 7) is 3.63. The Kier molecular flexibility index (Phi) is 3.31. The Bertz CT molecular complexity index is 377. The van der Waals surface area contributed by atoms with E-state index in [0.717, 1.165) is 32.0 Å². The fourth-order valence-corrected chi connectivity index (χ4v) is 1.61. The fraction of sp³-hybridized carbons (Fsp3) is 0.500. The summed E-state index contributed by atoms with van der Waals surface area (Å²) >= 11 is 0. The van der Waals surface area contributed by atoms with E-state index in [1.807, 2.05) is 0 Å². The van der Waals surface area contributed by atoms with Crippen LogP contribution < -0.4 is 10.2 Å². The highest BCUT2D eigenvalue weighted by Gasteiger charge is 2.15. The Morgan fingerprint density at radius 3 is 2.94 bits per heavy atom. The lowest BCUT2D eigenvalue weighted by atomic mass is 10.3. The lowest BCUT2D eigenvalue weighted by Gasteiger charge is -2.28. The maximum Gasteiger partial charge on any atom is 0.376 e. The van der Waals surface area contributed by atoms with Crippen molar-refractivity contribution < 1.29 is 9.53 Å². The first-order chi connectivity index (χ1) is 7.81. The zero-order valence-electron chi connectivity index (χ0n) is 9.14. The standard InChI is InChI=1S/C10H14N4O2/c1-16-10(15)9-12-3-2-8(13-9)14-6-4-11-5-7-14/h2-3,11H,4-7H2,1H3. The van der Waals surface area contributed by atoms with Crippen molar-refractivity contribution in [2.24, 2.45) is 0 Å². The number of esters is 1. The number of piperazine rings is 1. The zero-order chi connectivity index (χ0) is 11.4. The molecule has 0 saturated carbocycles. The predicted octanol–water partition coefficient (Wildman–Crippen LogP) is -0.327. The summed E-state index contributed by atoms with van der Waals surface area (Å²) in [6.07, 6.45) is 1.58. The van der Waals surface area contributed by atoms with Crippen molar-refractivity contribution in [2.45, 2.75) is 0 Å². The molecule has 0 unspecified atom stereocenters. The third-order valence-electron chi connectivity index (χ3n) is 2.45. The molecule has 0 radical (unpaired) electrons. The maximum atomic E-state index is 11.3. The van der Waals surface area contributed by atoms with E-state index in [2.05, 4.69) is 24.9 Å². The van der Waals surface area contributed by atoms with Crippen LogP contribution in [0.5, 0.6) is 0 Å². The third-order valence-corrected chi connectivity index (χ3v) is 2.45. The molecule has 2 heterocycles. The van der Waals surface area contributed by atoms with Crippen LogP contribution in [0.3, 0.4) is 0 Å². The molecular weight excluding hydrogens is 208 g/mol. The number of methoxy groups -OCH3 is 1. The minimum atomic E-state index is -0.503. The van der Waals surface area contributed by atoms with Gasteiger partial charge < -0.3 is 15.0 Å². The summed E-state index contributed by atoms with van der Waals surface area (Å²) in [4.78, 5) is 21.4. The van der Waals surface area contributed by atoms with Gasteiger partial charge in [0, 0.05) is 32.4 Å². The highest BCUT2D eigenvalue weighted by atomic mass is 16.5. The maximum absolute atomic E-state index is 11.3. The number of hydrogen-bond donors (Lipinski definition) is 1. The second kappa shape index (κ2) is 4.89. The van der Waals surface area contributed by atoms with Gasteiger partial charge in [-0.1, -0.05) is 0 Å². The predicted molar refractivity (Wildman–Crippen MR) is 58.5 cm³/mol. The molecule has 0 bridgehead atoms. The van der Waals surface area contributed by atoms with Gasteiger partial charge in [0.15, 0.2) is 0 Å². The van der Waals surface area contributed by atoms with Crippen molar-refractivity contribution in [1.29, 1.82) is 0 Å². The monoisotopic (exact) mass is 222 g/mol. The molecular formula is C10H14N4O2. The van der Waals surface area contributed by atoms with Gasteiger partial charge in [-0.15, -0.1) is 0 Å². The first-order valence-corrected chi connectivity index (χ1v) is 5.18. The van der Waals surface area contributed by atoms with Gasteiger partial charge in [-0.05, 0) is 6.07 Å². The van der Waals surface area contributed by atoms with E-state index >= 15 is 0 Å². The van der Waals surface area contributed by atoms with Crippen LogP contribution in [0, 0.1) is 0 Å². The van der Waals surface area contributed by atoms with Crippen LogP contribution in [-0.4, -0.2) is 49.2 Å². The smallest absolute Gasteiger partial charge is 0.376 e. The molecule has 1 aliphatic rings. The molecule has 6 nitrogen and oxygen atoms in total. The highest BCUT2D eigenvalue weighted by molar-refractivity contribution is 5.85.